The number of nitrogens with one attached hydrogen (secondary N) is 1. The molecule has 3 rings (SSSR count). The second-order valence-electron chi connectivity index (χ2n) is 5.71. The minimum Gasteiger partial charge on any atom is -0.492 e. The monoisotopic (exact) mass is 342 g/mol. The second-order valence-corrected chi connectivity index (χ2v) is 6.12. The van der Waals surface area contributed by atoms with Gasteiger partial charge in [0, 0.05) is 11.8 Å². The van der Waals surface area contributed by atoms with Crippen molar-refractivity contribution < 1.29 is 4.74 Å². The van der Waals surface area contributed by atoms with Crippen LogP contribution in [0.15, 0.2) is 47.4 Å². The Morgan fingerprint density at radius 1 is 1.17 bits per heavy atom. The lowest BCUT2D eigenvalue weighted by atomic mass is 10.1. The summed E-state index contributed by atoms with van der Waals surface area (Å²) in [5.74, 6) is 0.638. The Hall–Kier alpha value is -2.46. The first-order chi connectivity index (χ1) is 11.5. The van der Waals surface area contributed by atoms with Crippen LogP contribution in [0, 0.1) is 13.8 Å². The van der Waals surface area contributed by atoms with Crippen LogP contribution >= 0.6 is 11.6 Å². The van der Waals surface area contributed by atoms with Gasteiger partial charge in [-0.2, -0.15) is 0 Å². The van der Waals surface area contributed by atoms with Crippen molar-refractivity contribution in [3.63, 3.8) is 0 Å². The third-order valence-electron chi connectivity index (χ3n) is 3.89. The highest BCUT2D eigenvalue weighted by Gasteiger charge is 2.11. The maximum Gasteiger partial charge on any atom is 0.330 e. The lowest BCUT2D eigenvalue weighted by molar-refractivity contribution is 0.340. The van der Waals surface area contributed by atoms with Crippen LogP contribution in [-0.4, -0.2) is 16.2 Å². The Morgan fingerprint density at radius 2 is 1.96 bits per heavy atom. The summed E-state index contributed by atoms with van der Waals surface area (Å²) in [6.07, 6.45) is 1.80. The zero-order valence-electron chi connectivity index (χ0n) is 13.9. The minimum absolute atomic E-state index is 0.177. The summed E-state index contributed by atoms with van der Waals surface area (Å²) in [5, 5.41) is 0.523. The highest BCUT2D eigenvalue weighted by Crippen LogP contribution is 2.29. The number of aryl methyl sites for hydroxylation is 2. The lowest BCUT2D eigenvalue weighted by Crippen LogP contribution is -2.15. The largest absolute Gasteiger partial charge is 0.492 e. The number of benzene rings is 2. The van der Waals surface area contributed by atoms with Crippen molar-refractivity contribution in [3.8, 4) is 22.7 Å². The number of hydrogen-bond donors (Lipinski definition) is 1. The normalized spacial score (nSPS) is 10.8. The molecule has 0 unspecified atom stereocenters. The van der Waals surface area contributed by atoms with Gasteiger partial charge in [0.05, 0.1) is 23.0 Å². The van der Waals surface area contributed by atoms with Crippen LogP contribution in [0.25, 0.3) is 16.9 Å². The van der Waals surface area contributed by atoms with E-state index in [1.807, 2.05) is 51.1 Å². The Kier molecular flexibility index (Phi) is 4.49. The van der Waals surface area contributed by atoms with Crippen LogP contribution < -0.4 is 10.4 Å². The molecule has 4 nitrogen and oxygen atoms in total. The molecule has 0 atom stereocenters. The van der Waals surface area contributed by atoms with E-state index in [0.29, 0.717) is 23.1 Å². The van der Waals surface area contributed by atoms with Crippen molar-refractivity contribution in [3.05, 3.63) is 69.2 Å². The third-order valence-corrected chi connectivity index (χ3v) is 4.18. The summed E-state index contributed by atoms with van der Waals surface area (Å²) in [6, 6.07) is 11.5. The van der Waals surface area contributed by atoms with Crippen LogP contribution in [0.3, 0.4) is 0 Å². The van der Waals surface area contributed by atoms with E-state index in [1.54, 1.807) is 16.8 Å². The van der Waals surface area contributed by atoms with Crippen molar-refractivity contribution in [2.45, 2.75) is 20.8 Å². The molecule has 0 aliphatic heterocycles. The van der Waals surface area contributed by atoms with Crippen molar-refractivity contribution in [2.75, 3.05) is 6.61 Å². The molecular weight excluding hydrogens is 324 g/mol. The first-order valence-corrected chi connectivity index (χ1v) is 8.19. The molecular formula is C19H19ClN2O2. The number of hydrogen-bond acceptors (Lipinski definition) is 2. The summed E-state index contributed by atoms with van der Waals surface area (Å²) in [5.41, 5.74) is 4.39. The van der Waals surface area contributed by atoms with Crippen molar-refractivity contribution in [1.82, 2.24) is 9.55 Å². The molecule has 0 spiro atoms. The van der Waals surface area contributed by atoms with Gasteiger partial charge >= 0.3 is 5.69 Å². The van der Waals surface area contributed by atoms with E-state index in [0.717, 1.165) is 22.4 Å². The predicted octanol–water partition coefficient (Wildman–Crippen LogP) is 4.50. The molecule has 0 saturated heterocycles. The molecule has 1 heterocycles. The first kappa shape index (κ1) is 16.4. The number of halogens is 1. The molecule has 0 saturated carbocycles. The quantitative estimate of drug-likeness (QED) is 0.758. The maximum atomic E-state index is 12.4. The zero-order valence-corrected chi connectivity index (χ0v) is 14.6. The number of imidazole rings is 1. The highest BCUT2D eigenvalue weighted by molar-refractivity contribution is 6.32. The van der Waals surface area contributed by atoms with Gasteiger partial charge in [-0.1, -0.05) is 23.7 Å². The molecule has 0 aliphatic carbocycles. The summed E-state index contributed by atoms with van der Waals surface area (Å²) in [7, 11) is 0. The van der Waals surface area contributed by atoms with Crippen LogP contribution in [-0.2, 0) is 0 Å². The van der Waals surface area contributed by atoms with Gasteiger partial charge in [-0.05, 0) is 56.2 Å². The molecule has 0 amide bonds. The maximum absolute atomic E-state index is 12.4. The highest BCUT2D eigenvalue weighted by atomic mass is 35.5. The first-order valence-electron chi connectivity index (χ1n) is 7.81. The molecule has 0 fully saturated rings. The molecule has 0 bridgehead atoms. The summed E-state index contributed by atoms with van der Waals surface area (Å²) >= 11 is 6.24. The Balaban J connectivity index is 2.05. The molecule has 124 valence electrons. The van der Waals surface area contributed by atoms with Crippen molar-refractivity contribution in [2.24, 2.45) is 0 Å². The van der Waals surface area contributed by atoms with E-state index in [9.17, 15) is 4.79 Å². The molecule has 0 aliphatic rings. The minimum atomic E-state index is -0.177. The SMILES string of the molecule is CCOc1ccc(-c2cn(-c3cc(C)ccc3C)c(=O)[nH]2)cc1Cl. The van der Waals surface area contributed by atoms with Crippen LogP contribution in [0.1, 0.15) is 18.1 Å². The van der Waals surface area contributed by atoms with Gasteiger partial charge in [0.15, 0.2) is 0 Å². The third kappa shape index (κ3) is 3.10. The Bertz CT molecular complexity index is 941. The average molecular weight is 343 g/mol. The van der Waals surface area contributed by atoms with Crippen LogP contribution in [0.2, 0.25) is 5.02 Å². The fraction of sp³-hybridized carbons (Fsp3) is 0.211. The summed E-state index contributed by atoms with van der Waals surface area (Å²) < 4.78 is 7.07. The molecule has 24 heavy (non-hydrogen) atoms. The van der Waals surface area contributed by atoms with E-state index in [-0.39, 0.29) is 5.69 Å². The number of H-pyrrole nitrogens is 1. The van der Waals surface area contributed by atoms with Crippen molar-refractivity contribution in [1.29, 1.82) is 0 Å². The molecule has 1 N–H and O–H groups in total. The number of aromatic nitrogens is 2. The van der Waals surface area contributed by atoms with E-state index < -0.39 is 0 Å². The topological polar surface area (TPSA) is 47.0 Å². The fourth-order valence-electron chi connectivity index (χ4n) is 2.64. The van der Waals surface area contributed by atoms with Gasteiger partial charge in [-0.15, -0.1) is 0 Å². The number of nitrogens with zero attached hydrogens (tertiary/aromatic N) is 1. The van der Waals surface area contributed by atoms with E-state index in [4.69, 9.17) is 16.3 Å². The smallest absolute Gasteiger partial charge is 0.330 e. The zero-order chi connectivity index (χ0) is 17.3. The predicted molar refractivity (Wildman–Crippen MR) is 97.5 cm³/mol. The molecule has 1 aromatic heterocycles. The van der Waals surface area contributed by atoms with Gasteiger partial charge in [0.25, 0.3) is 0 Å². The molecule has 3 aromatic rings. The fourth-order valence-corrected chi connectivity index (χ4v) is 2.88. The summed E-state index contributed by atoms with van der Waals surface area (Å²) in [4.78, 5) is 15.3. The van der Waals surface area contributed by atoms with E-state index in [2.05, 4.69) is 4.98 Å². The van der Waals surface area contributed by atoms with E-state index >= 15 is 0 Å². The lowest BCUT2D eigenvalue weighted by Gasteiger charge is -2.07. The van der Waals surface area contributed by atoms with Crippen LogP contribution in [0.4, 0.5) is 0 Å². The Labute approximate surface area is 145 Å². The van der Waals surface area contributed by atoms with Gasteiger partial charge in [-0.25, -0.2) is 4.79 Å². The number of ether oxygens (including phenoxy) is 1. The van der Waals surface area contributed by atoms with Crippen LogP contribution in [0.5, 0.6) is 5.75 Å². The molecule has 5 heteroatoms. The average Bonchev–Trinajstić information content (AvgIpc) is 2.93. The van der Waals surface area contributed by atoms with Gasteiger partial charge in [0.2, 0.25) is 0 Å². The Morgan fingerprint density at radius 3 is 2.67 bits per heavy atom. The summed E-state index contributed by atoms with van der Waals surface area (Å²) in [6.45, 7) is 6.46. The second kappa shape index (κ2) is 6.57. The molecule has 0 radical (unpaired) electrons. The van der Waals surface area contributed by atoms with Gasteiger partial charge in [0.1, 0.15) is 5.75 Å². The van der Waals surface area contributed by atoms with E-state index in [1.165, 1.54) is 0 Å². The number of aromatic amines is 1. The standard InChI is InChI=1S/C19H19ClN2O2/c1-4-24-18-8-7-14(10-15(18)20)16-11-22(19(23)21-16)17-9-12(2)5-6-13(17)3/h5-11H,4H2,1-3H3,(H,21,23). The van der Waals surface area contributed by atoms with Gasteiger partial charge < -0.3 is 9.72 Å². The molecule has 2 aromatic carbocycles. The van der Waals surface area contributed by atoms with Gasteiger partial charge in [-0.3, -0.25) is 4.57 Å². The number of rotatable bonds is 4. The van der Waals surface area contributed by atoms with Crippen molar-refractivity contribution >= 4 is 11.6 Å².